The molecule has 0 saturated heterocycles. The quantitative estimate of drug-likeness (QED) is 0.218. The number of nitrogens with zero attached hydrogens (tertiary/aromatic N) is 2. The van der Waals surface area contributed by atoms with Crippen LogP contribution < -0.4 is 0 Å². The second kappa shape index (κ2) is 15.6. The molecule has 2 rings (SSSR count). The summed E-state index contributed by atoms with van der Waals surface area (Å²) in [5, 5.41) is 8.31. The second-order valence-electron chi connectivity index (χ2n) is 7.83. The Labute approximate surface area is 176 Å². The predicted octanol–water partition coefficient (Wildman–Crippen LogP) is 7.73. The molecule has 0 amide bonds. The summed E-state index contributed by atoms with van der Waals surface area (Å²) in [5.41, 5.74) is 1.32. The van der Waals surface area contributed by atoms with E-state index in [2.05, 4.69) is 52.4 Å². The number of rotatable bonds is 17. The van der Waals surface area contributed by atoms with Crippen LogP contribution in [0.4, 0.5) is 0 Å². The van der Waals surface area contributed by atoms with Crippen molar-refractivity contribution in [1.82, 2.24) is 15.2 Å². The average molecular weight is 402 g/mol. The molecular weight excluding hydrogens is 362 g/mol. The molecule has 4 heteroatoms. The molecule has 0 aliphatic carbocycles. The van der Waals surface area contributed by atoms with Crippen molar-refractivity contribution >= 4 is 11.8 Å². The van der Waals surface area contributed by atoms with Crippen molar-refractivity contribution in [3.05, 3.63) is 41.7 Å². The van der Waals surface area contributed by atoms with E-state index in [-0.39, 0.29) is 0 Å². The lowest BCUT2D eigenvalue weighted by atomic mass is 10.0. The second-order valence-corrected chi connectivity index (χ2v) is 8.77. The number of aryl methyl sites for hydroxylation is 1. The summed E-state index contributed by atoms with van der Waals surface area (Å²) in [6.45, 7) is 2.29. The van der Waals surface area contributed by atoms with Gasteiger partial charge in [-0.2, -0.15) is 0 Å². The zero-order valence-electron chi connectivity index (χ0n) is 17.8. The number of hydrogen-bond acceptors (Lipinski definition) is 3. The summed E-state index contributed by atoms with van der Waals surface area (Å²) in [6.07, 6.45) is 19.1. The van der Waals surface area contributed by atoms with E-state index in [4.69, 9.17) is 0 Å². The normalized spacial score (nSPS) is 11.2. The van der Waals surface area contributed by atoms with Gasteiger partial charge in [-0.25, -0.2) is 4.98 Å². The topological polar surface area (TPSA) is 41.6 Å². The van der Waals surface area contributed by atoms with Gasteiger partial charge in [0.05, 0.1) is 0 Å². The third-order valence-corrected chi connectivity index (χ3v) is 6.16. The van der Waals surface area contributed by atoms with Gasteiger partial charge in [0.15, 0.2) is 0 Å². The summed E-state index contributed by atoms with van der Waals surface area (Å²) in [7, 11) is 0. The number of nitrogens with one attached hydrogen (secondary N) is 1. The van der Waals surface area contributed by atoms with Gasteiger partial charge in [0.2, 0.25) is 5.16 Å². The Hall–Kier alpha value is -1.29. The van der Waals surface area contributed by atoms with Crippen molar-refractivity contribution in [2.45, 2.75) is 108 Å². The van der Waals surface area contributed by atoms with Gasteiger partial charge in [-0.05, 0) is 12.0 Å². The van der Waals surface area contributed by atoms with Gasteiger partial charge in [-0.15, -0.1) is 5.10 Å². The monoisotopic (exact) mass is 401 g/mol. The number of benzene rings is 1. The highest BCUT2D eigenvalue weighted by molar-refractivity contribution is 7.98. The molecule has 1 aromatic carbocycles. The lowest BCUT2D eigenvalue weighted by Crippen LogP contribution is -1.89. The molecule has 1 N–H and O–H groups in total. The van der Waals surface area contributed by atoms with E-state index >= 15 is 0 Å². The van der Waals surface area contributed by atoms with Crippen molar-refractivity contribution in [2.75, 3.05) is 0 Å². The van der Waals surface area contributed by atoms with Crippen molar-refractivity contribution < 1.29 is 0 Å². The maximum atomic E-state index is 4.62. The molecule has 0 aliphatic heterocycles. The van der Waals surface area contributed by atoms with Gasteiger partial charge < -0.3 is 0 Å². The Bertz CT molecular complexity index is 597. The Morgan fingerprint density at radius 1 is 0.750 bits per heavy atom. The molecule has 3 nitrogen and oxygen atoms in total. The van der Waals surface area contributed by atoms with E-state index in [1.54, 1.807) is 11.8 Å². The summed E-state index contributed by atoms with van der Waals surface area (Å²) in [5.74, 6) is 1.97. The largest absolute Gasteiger partial charge is 0.262 e. The molecule has 28 heavy (non-hydrogen) atoms. The molecule has 0 spiro atoms. The Kier molecular flexibility index (Phi) is 12.8. The highest BCUT2D eigenvalue weighted by atomic mass is 32.2. The van der Waals surface area contributed by atoms with Crippen molar-refractivity contribution in [2.24, 2.45) is 0 Å². The van der Waals surface area contributed by atoms with E-state index in [9.17, 15) is 0 Å². The number of thioether (sulfide) groups is 1. The van der Waals surface area contributed by atoms with Crippen molar-refractivity contribution in [3.63, 3.8) is 0 Å². The third kappa shape index (κ3) is 10.9. The SMILES string of the molecule is CCCCCCCCCCCCCCCc1nc(SCc2ccccc2)n[nH]1. The van der Waals surface area contributed by atoms with Crippen LogP contribution in [-0.2, 0) is 12.2 Å². The van der Waals surface area contributed by atoms with Crippen molar-refractivity contribution in [1.29, 1.82) is 0 Å². The molecule has 2 aromatic rings. The van der Waals surface area contributed by atoms with Crippen LogP contribution in [0.15, 0.2) is 35.5 Å². The highest BCUT2D eigenvalue weighted by Crippen LogP contribution is 2.19. The minimum Gasteiger partial charge on any atom is -0.262 e. The standard InChI is InChI=1S/C24H39N3S/c1-2-3-4-5-6-7-8-9-10-11-12-13-17-20-23-25-24(27-26-23)28-21-22-18-15-14-16-19-22/h14-16,18-19H,2-13,17,20-21H2,1H3,(H,25,26,27). The maximum Gasteiger partial charge on any atom is 0.208 e. The van der Waals surface area contributed by atoms with E-state index in [1.807, 2.05) is 0 Å². The number of aromatic amines is 1. The van der Waals surface area contributed by atoms with Crippen LogP contribution in [0.1, 0.15) is 102 Å². The molecule has 0 atom stereocenters. The first kappa shape index (κ1) is 23.0. The van der Waals surface area contributed by atoms with Gasteiger partial charge in [-0.1, -0.05) is 126 Å². The Morgan fingerprint density at radius 3 is 1.93 bits per heavy atom. The molecule has 156 valence electrons. The van der Waals surface area contributed by atoms with Gasteiger partial charge in [-0.3, -0.25) is 5.10 Å². The first-order valence-corrected chi connectivity index (χ1v) is 12.4. The molecule has 1 aromatic heterocycles. The molecule has 0 fully saturated rings. The van der Waals surface area contributed by atoms with Crippen LogP contribution in [0, 0.1) is 0 Å². The lowest BCUT2D eigenvalue weighted by molar-refractivity contribution is 0.538. The molecule has 0 aliphatic rings. The Morgan fingerprint density at radius 2 is 1.32 bits per heavy atom. The van der Waals surface area contributed by atoms with E-state index in [1.165, 1.54) is 89.0 Å². The van der Waals surface area contributed by atoms with Crippen LogP contribution in [0.2, 0.25) is 0 Å². The van der Waals surface area contributed by atoms with Gasteiger partial charge in [0.1, 0.15) is 5.82 Å². The Balaban J connectivity index is 1.40. The van der Waals surface area contributed by atoms with Crippen LogP contribution in [0.25, 0.3) is 0 Å². The van der Waals surface area contributed by atoms with Crippen LogP contribution in [0.5, 0.6) is 0 Å². The molecule has 0 saturated carbocycles. The summed E-state index contributed by atoms with van der Waals surface area (Å²) >= 11 is 1.70. The zero-order chi connectivity index (χ0) is 19.7. The number of hydrogen-bond donors (Lipinski definition) is 1. The highest BCUT2D eigenvalue weighted by Gasteiger charge is 2.04. The fraction of sp³-hybridized carbons (Fsp3) is 0.667. The summed E-state index contributed by atoms with van der Waals surface area (Å²) < 4.78 is 0. The van der Waals surface area contributed by atoms with E-state index in [0.29, 0.717) is 0 Å². The molecular formula is C24H39N3S. The maximum absolute atomic E-state index is 4.62. The minimum atomic E-state index is 0.869. The number of aromatic nitrogens is 3. The van der Waals surface area contributed by atoms with E-state index in [0.717, 1.165) is 23.2 Å². The third-order valence-electron chi connectivity index (χ3n) is 5.24. The van der Waals surface area contributed by atoms with Crippen molar-refractivity contribution in [3.8, 4) is 0 Å². The van der Waals surface area contributed by atoms with Crippen LogP contribution in [0.3, 0.4) is 0 Å². The van der Waals surface area contributed by atoms with Gasteiger partial charge in [0.25, 0.3) is 0 Å². The molecule has 1 heterocycles. The van der Waals surface area contributed by atoms with Gasteiger partial charge in [0, 0.05) is 12.2 Å². The smallest absolute Gasteiger partial charge is 0.208 e. The first-order valence-electron chi connectivity index (χ1n) is 11.5. The molecule has 0 unspecified atom stereocenters. The first-order chi connectivity index (χ1) is 13.9. The molecule has 0 bridgehead atoms. The van der Waals surface area contributed by atoms with E-state index < -0.39 is 0 Å². The number of unbranched alkanes of at least 4 members (excludes halogenated alkanes) is 12. The van der Waals surface area contributed by atoms with Gasteiger partial charge >= 0.3 is 0 Å². The molecule has 0 radical (unpaired) electrons. The predicted molar refractivity (Wildman–Crippen MR) is 122 cm³/mol. The van der Waals surface area contributed by atoms with Crippen LogP contribution in [-0.4, -0.2) is 15.2 Å². The summed E-state index contributed by atoms with van der Waals surface area (Å²) in [6, 6.07) is 10.5. The fourth-order valence-corrected chi connectivity index (χ4v) is 4.26. The minimum absolute atomic E-state index is 0.869. The number of H-pyrrole nitrogens is 1. The summed E-state index contributed by atoms with van der Waals surface area (Å²) in [4.78, 5) is 4.62. The average Bonchev–Trinajstić information content (AvgIpc) is 3.18. The fourth-order valence-electron chi connectivity index (χ4n) is 3.49. The zero-order valence-corrected chi connectivity index (χ0v) is 18.6. The van der Waals surface area contributed by atoms with Crippen LogP contribution >= 0.6 is 11.8 Å². The lowest BCUT2D eigenvalue weighted by Gasteiger charge is -2.02.